The second-order valence-corrected chi connectivity index (χ2v) is 7.50. The SMILES string of the molecule is CNCc1cc(S(=O)(=O)Nc2nc3c(s2)CCC3)c[nH]1. The highest BCUT2D eigenvalue weighted by atomic mass is 32.2. The number of thiazole rings is 1. The number of nitrogens with one attached hydrogen (secondary N) is 3. The maximum atomic E-state index is 12.3. The molecule has 0 aromatic carbocycles. The van der Waals surface area contributed by atoms with Crippen LogP contribution in [0.5, 0.6) is 0 Å². The topological polar surface area (TPSA) is 86.9 Å². The van der Waals surface area contributed by atoms with Gasteiger partial charge in [0.15, 0.2) is 5.13 Å². The Bertz CT molecular complexity index is 696. The number of rotatable bonds is 5. The van der Waals surface area contributed by atoms with E-state index in [0.29, 0.717) is 11.7 Å². The molecule has 0 spiro atoms. The molecule has 1 aliphatic rings. The minimum atomic E-state index is -3.56. The minimum absolute atomic E-state index is 0.234. The van der Waals surface area contributed by atoms with Gasteiger partial charge in [0.05, 0.1) is 5.69 Å². The van der Waals surface area contributed by atoms with E-state index in [1.54, 1.807) is 6.07 Å². The summed E-state index contributed by atoms with van der Waals surface area (Å²) in [5.41, 5.74) is 1.87. The van der Waals surface area contributed by atoms with Gasteiger partial charge in [0.1, 0.15) is 4.90 Å². The van der Waals surface area contributed by atoms with Crippen molar-refractivity contribution in [3.63, 3.8) is 0 Å². The summed E-state index contributed by atoms with van der Waals surface area (Å²) >= 11 is 1.44. The molecule has 3 N–H and O–H groups in total. The lowest BCUT2D eigenvalue weighted by atomic mass is 10.4. The van der Waals surface area contributed by atoms with Crippen LogP contribution in [0.3, 0.4) is 0 Å². The first-order valence-corrected chi connectivity index (χ1v) is 8.72. The summed E-state index contributed by atoms with van der Waals surface area (Å²) in [4.78, 5) is 8.73. The van der Waals surface area contributed by atoms with Crippen LogP contribution in [-0.4, -0.2) is 25.4 Å². The fourth-order valence-electron chi connectivity index (χ4n) is 2.27. The molecule has 2 heterocycles. The van der Waals surface area contributed by atoms with Crippen LogP contribution < -0.4 is 10.0 Å². The Morgan fingerprint density at radius 3 is 3.05 bits per heavy atom. The van der Waals surface area contributed by atoms with Gasteiger partial charge >= 0.3 is 0 Å². The molecule has 6 nitrogen and oxygen atoms in total. The molecular formula is C12H16N4O2S2. The average molecular weight is 312 g/mol. The van der Waals surface area contributed by atoms with Gasteiger partial charge in [-0.3, -0.25) is 4.72 Å². The Balaban J connectivity index is 1.80. The lowest BCUT2D eigenvalue weighted by Gasteiger charge is -2.02. The monoisotopic (exact) mass is 312 g/mol. The summed E-state index contributed by atoms with van der Waals surface area (Å²) in [6, 6.07) is 1.63. The van der Waals surface area contributed by atoms with Crippen LogP contribution in [-0.2, 0) is 29.4 Å². The standard InChI is InChI=1S/C12H16N4O2S2/c1-13-6-8-5-9(7-14-8)20(17,18)16-12-15-10-3-2-4-11(10)19-12/h5,7,13-14H,2-4,6H2,1H3,(H,15,16). The van der Waals surface area contributed by atoms with Crippen LogP contribution in [0.2, 0.25) is 0 Å². The zero-order chi connectivity index (χ0) is 14.2. The van der Waals surface area contributed by atoms with Crippen molar-refractivity contribution in [3.05, 3.63) is 28.5 Å². The molecule has 0 saturated carbocycles. The van der Waals surface area contributed by atoms with Gasteiger partial charge in [-0.2, -0.15) is 0 Å². The number of hydrogen-bond donors (Lipinski definition) is 3. The minimum Gasteiger partial charge on any atom is -0.363 e. The molecular weight excluding hydrogens is 296 g/mol. The number of nitrogens with zero attached hydrogens (tertiary/aromatic N) is 1. The van der Waals surface area contributed by atoms with Crippen molar-refractivity contribution >= 4 is 26.5 Å². The van der Waals surface area contributed by atoms with E-state index < -0.39 is 10.0 Å². The first-order chi connectivity index (χ1) is 9.58. The highest BCUT2D eigenvalue weighted by molar-refractivity contribution is 7.93. The van der Waals surface area contributed by atoms with Crippen LogP contribution >= 0.6 is 11.3 Å². The summed E-state index contributed by atoms with van der Waals surface area (Å²) in [6.45, 7) is 0.598. The highest BCUT2D eigenvalue weighted by Crippen LogP contribution is 2.31. The molecule has 20 heavy (non-hydrogen) atoms. The third-order valence-corrected chi connectivity index (χ3v) is 5.73. The fraction of sp³-hybridized carbons (Fsp3) is 0.417. The van der Waals surface area contributed by atoms with E-state index in [4.69, 9.17) is 0 Å². The molecule has 2 aromatic heterocycles. The zero-order valence-electron chi connectivity index (χ0n) is 11.1. The first kappa shape index (κ1) is 13.6. The molecule has 0 saturated heterocycles. The molecule has 2 aromatic rings. The molecule has 3 rings (SSSR count). The lowest BCUT2D eigenvalue weighted by molar-refractivity contribution is 0.601. The zero-order valence-corrected chi connectivity index (χ0v) is 12.7. The van der Waals surface area contributed by atoms with Gasteiger partial charge in [-0.25, -0.2) is 13.4 Å². The van der Waals surface area contributed by atoms with E-state index in [9.17, 15) is 8.42 Å². The molecule has 0 bridgehead atoms. The second kappa shape index (κ2) is 5.19. The van der Waals surface area contributed by atoms with Gasteiger partial charge in [-0.05, 0) is 32.4 Å². The smallest absolute Gasteiger partial charge is 0.265 e. The second-order valence-electron chi connectivity index (χ2n) is 4.74. The summed E-state index contributed by atoms with van der Waals surface area (Å²) < 4.78 is 27.1. The molecule has 0 amide bonds. The average Bonchev–Trinajstić information content (AvgIpc) is 3.03. The maximum Gasteiger partial charge on any atom is 0.265 e. The molecule has 0 atom stereocenters. The normalized spacial score (nSPS) is 14.4. The van der Waals surface area contributed by atoms with E-state index in [1.165, 1.54) is 22.4 Å². The van der Waals surface area contributed by atoms with Crippen molar-refractivity contribution in [2.24, 2.45) is 0 Å². The number of aromatic amines is 1. The molecule has 0 fully saturated rings. The predicted molar refractivity (Wildman–Crippen MR) is 78.5 cm³/mol. The lowest BCUT2D eigenvalue weighted by Crippen LogP contribution is -2.12. The number of hydrogen-bond acceptors (Lipinski definition) is 5. The Morgan fingerprint density at radius 2 is 2.30 bits per heavy atom. The molecule has 0 radical (unpaired) electrons. The third kappa shape index (κ3) is 2.58. The molecule has 8 heteroatoms. The van der Waals surface area contributed by atoms with Crippen molar-refractivity contribution < 1.29 is 8.42 Å². The summed E-state index contributed by atoms with van der Waals surface area (Å²) in [5, 5.41) is 3.43. The Hall–Kier alpha value is -1.38. The predicted octanol–water partition coefficient (Wildman–Crippen LogP) is 1.48. The van der Waals surface area contributed by atoms with Crippen LogP contribution in [0, 0.1) is 0 Å². The van der Waals surface area contributed by atoms with Gasteiger partial charge in [0, 0.05) is 23.3 Å². The number of H-pyrrole nitrogens is 1. The van der Waals surface area contributed by atoms with Crippen LogP contribution in [0.1, 0.15) is 22.7 Å². The Labute approximate surface area is 121 Å². The summed E-state index contributed by atoms with van der Waals surface area (Å²) in [6.07, 6.45) is 4.57. The van der Waals surface area contributed by atoms with Crippen molar-refractivity contribution in [2.75, 3.05) is 11.8 Å². The molecule has 0 unspecified atom stereocenters. The third-order valence-electron chi connectivity index (χ3n) is 3.21. The van der Waals surface area contributed by atoms with Crippen LogP contribution in [0.25, 0.3) is 0 Å². The van der Waals surface area contributed by atoms with Gasteiger partial charge in [0.2, 0.25) is 0 Å². The number of aryl methyl sites for hydroxylation is 2. The fourth-order valence-corrected chi connectivity index (χ4v) is 4.58. The van der Waals surface area contributed by atoms with Gasteiger partial charge in [0.25, 0.3) is 10.0 Å². The summed E-state index contributed by atoms with van der Waals surface area (Å²) in [7, 11) is -1.75. The molecule has 1 aliphatic carbocycles. The van der Waals surface area contributed by atoms with E-state index in [-0.39, 0.29) is 4.90 Å². The highest BCUT2D eigenvalue weighted by Gasteiger charge is 2.21. The van der Waals surface area contributed by atoms with Crippen LogP contribution in [0.15, 0.2) is 17.2 Å². The maximum absolute atomic E-state index is 12.3. The Morgan fingerprint density at radius 1 is 1.45 bits per heavy atom. The molecule has 0 aliphatic heterocycles. The quantitative estimate of drug-likeness (QED) is 0.780. The number of aromatic nitrogens is 2. The van der Waals surface area contributed by atoms with E-state index in [0.717, 1.165) is 30.7 Å². The number of fused-ring (bicyclic) bond motifs is 1. The van der Waals surface area contributed by atoms with Gasteiger partial charge < -0.3 is 10.3 Å². The van der Waals surface area contributed by atoms with Crippen molar-refractivity contribution in [1.82, 2.24) is 15.3 Å². The number of anilines is 1. The molecule has 108 valence electrons. The number of sulfonamides is 1. The Kier molecular flexibility index (Phi) is 3.53. The van der Waals surface area contributed by atoms with Crippen molar-refractivity contribution in [2.45, 2.75) is 30.7 Å². The van der Waals surface area contributed by atoms with Crippen molar-refractivity contribution in [1.29, 1.82) is 0 Å². The summed E-state index contributed by atoms with van der Waals surface area (Å²) in [5.74, 6) is 0. The van der Waals surface area contributed by atoms with Crippen LogP contribution in [0.4, 0.5) is 5.13 Å². The van der Waals surface area contributed by atoms with E-state index >= 15 is 0 Å². The van der Waals surface area contributed by atoms with E-state index in [2.05, 4.69) is 20.0 Å². The van der Waals surface area contributed by atoms with Gasteiger partial charge in [-0.15, -0.1) is 11.3 Å². The van der Waals surface area contributed by atoms with E-state index in [1.807, 2.05) is 7.05 Å². The van der Waals surface area contributed by atoms with Crippen molar-refractivity contribution in [3.8, 4) is 0 Å². The first-order valence-electron chi connectivity index (χ1n) is 6.42. The van der Waals surface area contributed by atoms with Gasteiger partial charge in [-0.1, -0.05) is 0 Å². The largest absolute Gasteiger partial charge is 0.363 e.